The van der Waals surface area contributed by atoms with Crippen LogP contribution >= 0.6 is 0 Å². The lowest BCUT2D eigenvalue weighted by atomic mass is 10.3. The maximum atomic E-state index is 10.3. The number of aliphatic hydroxyl groups excluding tert-OH is 1. The smallest absolute Gasteiger partial charge is 0.328 e. The van der Waals surface area contributed by atoms with E-state index in [2.05, 4.69) is 9.80 Å². The van der Waals surface area contributed by atoms with Crippen molar-refractivity contribution in [3.05, 3.63) is 12.2 Å². The van der Waals surface area contributed by atoms with Gasteiger partial charge in [0.15, 0.2) is 0 Å². The summed E-state index contributed by atoms with van der Waals surface area (Å²) in [5, 5.41) is 17.3. The molecule has 1 rings (SSSR count). The molecule has 1 fully saturated rings. The lowest BCUT2D eigenvalue weighted by Crippen LogP contribution is -2.32. The Hall–Kier alpha value is -0.910. The molecular weight excluding hydrogens is 208 g/mol. The molecule has 1 aliphatic heterocycles. The van der Waals surface area contributed by atoms with Crippen LogP contribution in [-0.4, -0.2) is 71.9 Å². The third kappa shape index (κ3) is 5.25. The molecule has 5 heteroatoms. The van der Waals surface area contributed by atoms with Gasteiger partial charge in [0.25, 0.3) is 0 Å². The van der Waals surface area contributed by atoms with Crippen molar-refractivity contribution in [1.82, 2.24) is 9.80 Å². The van der Waals surface area contributed by atoms with E-state index < -0.39 is 5.97 Å². The maximum Gasteiger partial charge on any atom is 0.328 e. The van der Waals surface area contributed by atoms with Gasteiger partial charge in [0.05, 0.1) is 6.61 Å². The van der Waals surface area contributed by atoms with E-state index in [4.69, 9.17) is 10.2 Å². The first-order chi connectivity index (χ1) is 7.72. The summed E-state index contributed by atoms with van der Waals surface area (Å²) in [6, 6.07) is 0. The topological polar surface area (TPSA) is 64.0 Å². The number of carboxylic acid groups (broad SMARTS) is 1. The van der Waals surface area contributed by atoms with Crippen molar-refractivity contribution in [1.29, 1.82) is 0 Å². The monoisotopic (exact) mass is 228 g/mol. The molecule has 1 aliphatic rings. The minimum Gasteiger partial charge on any atom is -0.478 e. The lowest BCUT2D eigenvalue weighted by molar-refractivity contribution is -0.131. The molecule has 0 saturated carbocycles. The molecule has 0 unspecified atom stereocenters. The fourth-order valence-electron chi connectivity index (χ4n) is 1.87. The molecule has 16 heavy (non-hydrogen) atoms. The number of rotatable bonds is 5. The fraction of sp³-hybridized carbons (Fsp3) is 0.727. The van der Waals surface area contributed by atoms with E-state index in [0.717, 1.165) is 39.1 Å². The average molecular weight is 228 g/mol. The SMILES string of the molecule is O=C(O)/C=C/CN1CCCN(CCO)CC1. The number of β-amino-alcohol motifs (C(OH)–C–C–N with tert-alkyl or cyclic N) is 1. The van der Waals surface area contributed by atoms with E-state index in [1.54, 1.807) is 6.08 Å². The molecule has 0 aromatic rings. The minimum atomic E-state index is -0.892. The molecule has 0 spiro atoms. The highest BCUT2D eigenvalue weighted by Crippen LogP contribution is 2.02. The number of nitrogens with zero attached hydrogens (tertiary/aromatic N) is 2. The predicted molar refractivity (Wildman–Crippen MR) is 61.4 cm³/mol. The van der Waals surface area contributed by atoms with Crippen molar-refractivity contribution in [3.8, 4) is 0 Å². The summed E-state index contributed by atoms with van der Waals surface area (Å²) in [6.07, 6.45) is 3.95. The second kappa shape index (κ2) is 7.38. The number of carbonyl (C=O) groups is 1. The molecule has 92 valence electrons. The number of carboxylic acids is 1. The zero-order chi connectivity index (χ0) is 11.8. The highest BCUT2D eigenvalue weighted by atomic mass is 16.4. The van der Waals surface area contributed by atoms with Gasteiger partial charge in [0, 0.05) is 32.3 Å². The Morgan fingerprint density at radius 1 is 1.19 bits per heavy atom. The first-order valence-electron chi connectivity index (χ1n) is 5.67. The van der Waals surface area contributed by atoms with Crippen LogP contribution in [0.4, 0.5) is 0 Å². The van der Waals surface area contributed by atoms with E-state index in [0.29, 0.717) is 6.54 Å². The predicted octanol–water partition coefficient (Wildman–Crippen LogP) is -0.373. The summed E-state index contributed by atoms with van der Waals surface area (Å²) in [6.45, 7) is 5.52. The van der Waals surface area contributed by atoms with Crippen LogP contribution in [0.15, 0.2) is 12.2 Å². The largest absolute Gasteiger partial charge is 0.478 e. The van der Waals surface area contributed by atoms with E-state index in [9.17, 15) is 4.79 Å². The first-order valence-corrected chi connectivity index (χ1v) is 5.67. The number of aliphatic hydroxyl groups is 1. The fourth-order valence-corrected chi connectivity index (χ4v) is 1.87. The van der Waals surface area contributed by atoms with Crippen molar-refractivity contribution < 1.29 is 15.0 Å². The van der Waals surface area contributed by atoms with Crippen LogP contribution in [-0.2, 0) is 4.79 Å². The van der Waals surface area contributed by atoms with Crippen molar-refractivity contribution in [2.45, 2.75) is 6.42 Å². The summed E-state index contributed by atoms with van der Waals surface area (Å²) >= 11 is 0. The summed E-state index contributed by atoms with van der Waals surface area (Å²) < 4.78 is 0. The van der Waals surface area contributed by atoms with Gasteiger partial charge in [0.2, 0.25) is 0 Å². The Bertz CT molecular complexity index is 243. The quantitative estimate of drug-likeness (QED) is 0.628. The molecule has 0 radical (unpaired) electrons. The highest BCUT2D eigenvalue weighted by Gasteiger charge is 2.12. The Morgan fingerprint density at radius 3 is 2.56 bits per heavy atom. The van der Waals surface area contributed by atoms with E-state index >= 15 is 0 Å². The summed E-state index contributed by atoms with van der Waals surface area (Å²) in [7, 11) is 0. The van der Waals surface area contributed by atoms with Gasteiger partial charge in [-0.15, -0.1) is 0 Å². The molecule has 2 N–H and O–H groups in total. The van der Waals surface area contributed by atoms with Crippen molar-refractivity contribution in [2.24, 2.45) is 0 Å². The van der Waals surface area contributed by atoms with Crippen LogP contribution in [0, 0.1) is 0 Å². The third-order valence-electron chi connectivity index (χ3n) is 2.72. The van der Waals surface area contributed by atoms with Gasteiger partial charge >= 0.3 is 5.97 Å². The van der Waals surface area contributed by atoms with Gasteiger partial charge in [-0.05, 0) is 19.5 Å². The normalized spacial score (nSPS) is 20.1. The molecule has 0 aromatic heterocycles. The second-order valence-electron chi connectivity index (χ2n) is 3.96. The van der Waals surface area contributed by atoms with Gasteiger partial charge in [0.1, 0.15) is 0 Å². The molecule has 0 aromatic carbocycles. The van der Waals surface area contributed by atoms with Crippen molar-refractivity contribution in [3.63, 3.8) is 0 Å². The summed E-state index contributed by atoms with van der Waals surface area (Å²) in [5.74, 6) is -0.892. The summed E-state index contributed by atoms with van der Waals surface area (Å²) in [5.41, 5.74) is 0. The zero-order valence-electron chi connectivity index (χ0n) is 9.51. The zero-order valence-corrected chi connectivity index (χ0v) is 9.51. The molecule has 1 heterocycles. The van der Waals surface area contributed by atoms with Gasteiger partial charge in [-0.3, -0.25) is 9.80 Å². The highest BCUT2D eigenvalue weighted by molar-refractivity contribution is 5.79. The number of hydrogen-bond acceptors (Lipinski definition) is 4. The Kier molecular flexibility index (Phi) is 6.07. The molecule has 0 bridgehead atoms. The standard InChI is InChI=1S/C11H20N2O3/c14-10-9-13-6-2-5-12(7-8-13)4-1-3-11(15)16/h1,3,14H,2,4-10H2,(H,15,16)/b3-1+. The molecule has 0 atom stereocenters. The number of hydrogen-bond donors (Lipinski definition) is 2. The van der Waals surface area contributed by atoms with Crippen LogP contribution in [0.25, 0.3) is 0 Å². The molecule has 5 nitrogen and oxygen atoms in total. The van der Waals surface area contributed by atoms with Crippen LogP contribution in [0.2, 0.25) is 0 Å². The first kappa shape index (κ1) is 13.2. The van der Waals surface area contributed by atoms with Crippen LogP contribution in [0.5, 0.6) is 0 Å². The van der Waals surface area contributed by atoms with Gasteiger partial charge < -0.3 is 10.2 Å². The third-order valence-corrected chi connectivity index (χ3v) is 2.72. The molecular formula is C11H20N2O3. The lowest BCUT2D eigenvalue weighted by Gasteiger charge is -2.19. The Balaban J connectivity index is 2.27. The Labute approximate surface area is 96.0 Å². The minimum absolute atomic E-state index is 0.207. The van der Waals surface area contributed by atoms with E-state index in [-0.39, 0.29) is 6.61 Å². The molecule has 0 aliphatic carbocycles. The van der Waals surface area contributed by atoms with Crippen LogP contribution < -0.4 is 0 Å². The maximum absolute atomic E-state index is 10.3. The molecule has 0 amide bonds. The van der Waals surface area contributed by atoms with Crippen LogP contribution in [0.1, 0.15) is 6.42 Å². The van der Waals surface area contributed by atoms with E-state index in [1.807, 2.05) is 0 Å². The van der Waals surface area contributed by atoms with Crippen molar-refractivity contribution in [2.75, 3.05) is 45.9 Å². The van der Waals surface area contributed by atoms with Crippen molar-refractivity contribution >= 4 is 5.97 Å². The molecule has 1 saturated heterocycles. The van der Waals surface area contributed by atoms with Gasteiger partial charge in [-0.25, -0.2) is 4.79 Å². The average Bonchev–Trinajstić information content (AvgIpc) is 2.44. The second-order valence-corrected chi connectivity index (χ2v) is 3.96. The summed E-state index contributed by atoms with van der Waals surface area (Å²) in [4.78, 5) is 14.8. The number of aliphatic carboxylic acids is 1. The Morgan fingerprint density at radius 2 is 1.88 bits per heavy atom. The van der Waals surface area contributed by atoms with Gasteiger partial charge in [-0.1, -0.05) is 6.08 Å². The van der Waals surface area contributed by atoms with Gasteiger partial charge in [-0.2, -0.15) is 0 Å². The van der Waals surface area contributed by atoms with E-state index in [1.165, 1.54) is 6.08 Å². The van der Waals surface area contributed by atoms with Crippen LogP contribution in [0.3, 0.4) is 0 Å².